The van der Waals surface area contributed by atoms with E-state index in [4.69, 9.17) is 11.6 Å². The van der Waals surface area contributed by atoms with Gasteiger partial charge in [0.25, 0.3) is 5.56 Å². The number of hydrogen-bond donors (Lipinski definition) is 1. The zero-order valence-corrected chi connectivity index (χ0v) is 16.4. The number of hydrogen-bond acceptors (Lipinski definition) is 4. The number of benzene rings is 1. The normalized spacial score (nSPS) is 14.1. The molecule has 152 valence electrons. The Kier molecular flexibility index (Phi) is 5.38. The predicted octanol–water partition coefficient (Wildman–Crippen LogP) is 2.27. The van der Waals surface area contributed by atoms with Crippen LogP contribution in [0, 0.1) is 5.82 Å². The molecule has 0 bridgehead atoms. The molecule has 0 radical (unpaired) electrons. The van der Waals surface area contributed by atoms with E-state index >= 15 is 0 Å². The number of rotatable bonds is 5. The van der Waals surface area contributed by atoms with Gasteiger partial charge in [0.05, 0.1) is 17.0 Å². The molecule has 3 aromatic rings. The van der Waals surface area contributed by atoms with E-state index in [0.29, 0.717) is 35.2 Å². The van der Waals surface area contributed by atoms with Crippen molar-refractivity contribution in [2.24, 2.45) is 0 Å². The first kappa shape index (κ1) is 19.6. The molecule has 1 aliphatic rings. The van der Waals surface area contributed by atoms with Crippen molar-refractivity contribution in [1.29, 1.82) is 0 Å². The number of aliphatic hydroxyl groups is 1. The van der Waals surface area contributed by atoms with E-state index in [9.17, 15) is 19.1 Å². The highest BCUT2D eigenvalue weighted by atomic mass is 35.5. The lowest BCUT2D eigenvalue weighted by Gasteiger charge is -2.15. The van der Waals surface area contributed by atoms with E-state index in [1.165, 1.54) is 29.1 Å². The molecule has 0 unspecified atom stereocenters. The third kappa shape index (κ3) is 3.65. The average molecular weight is 419 g/mol. The van der Waals surface area contributed by atoms with Crippen molar-refractivity contribution in [1.82, 2.24) is 19.0 Å². The van der Waals surface area contributed by atoms with E-state index < -0.39 is 5.82 Å². The van der Waals surface area contributed by atoms with E-state index in [1.807, 2.05) is 0 Å². The van der Waals surface area contributed by atoms with E-state index in [1.54, 1.807) is 15.7 Å². The first-order valence-electron chi connectivity index (χ1n) is 9.42. The minimum Gasteiger partial charge on any atom is -0.395 e. The molecule has 0 atom stereocenters. The van der Waals surface area contributed by atoms with Crippen molar-refractivity contribution >= 4 is 28.5 Å². The summed E-state index contributed by atoms with van der Waals surface area (Å²) < 4.78 is 16.6. The number of aliphatic hydroxyl groups excluding tert-OH is 1. The Morgan fingerprint density at radius 1 is 1.24 bits per heavy atom. The molecule has 3 heterocycles. The molecule has 0 spiro atoms. The maximum Gasteiger partial charge on any atom is 0.263 e. The Balaban J connectivity index is 1.83. The van der Waals surface area contributed by atoms with Crippen LogP contribution in [0.25, 0.3) is 22.2 Å². The van der Waals surface area contributed by atoms with Crippen LogP contribution < -0.4 is 5.56 Å². The molecule has 0 aliphatic carbocycles. The lowest BCUT2D eigenvalue weighted by Crippen LogP contribution is -2.34. The van der Waals surface area contributed by atoms with Crippen LogP contribution in [0.4, 0.5) is 4.39 Å². The highest BCUT2D eigenvalue weighted by Crippen LogP contribution is 2.30. The molecule has 1 aliphatic heterocycles. The predicted molar refractivity (Wildman–Crippen MR) is 107 cm³/mol. The van der Waals surface area contributed by atoms with Crippen molar-refractivity contribution in [3.05, 3.63) is 51.9 Å². The highest BCUT2D eigenvalue weighted by molar-refractivity contribution is 6.31. The molecule has 1 N–H and O–H groups in total. The minimum absolute atomic E-state index is 0.0565. The second-order valence-electron chi connectivity index (χ2n) is 7.05. The van der Waals surface area contributed by atoms with Crippen molar-refractivity contribution in [2.75, 3.05) is 19.7 Å². The number of carbonyl (C=O) groups is 1. The Labute approximate surface area is 170 Å². The van der Waals surface area contributed by atoms with Crippen molar-refractivity contribution in [3.8, 4) is 11.1 Å². The van der Waals surface area contributed by atoms with Crippen LogP contribution in [0.1, 0.15) is 12.8 Å². The van der Waals surface area contributed by atoms with Crippen LogP contribution in [0.5, 0.6) is 0 Å². The van der Waals surface area contributed by atoms with Gasteiger partial charge in [-0.1, -0.05) is 17.7 Å². The Morgan fingerprint density at radius 3 is 2.69 bits per heavy atom. The molecule has 1 aromatic carbocycles. The van der Waals surface area contributed by atoms with Gasteiger partial charge < -0.3 is 14.6 Å². The van der Waals surface area contributed by atoms with Crippen LogP contribution in [0.3, 0.4) is 0 Å². The fourth-order valence-corrected chi connectivity index (χ4v) is 3.88. The van der Waals surface area contributed by atoms with Gasteiger partial charge in [0.1, 0.15) is 24.3 Å². The summed E-state index contributed by atoms with van der Waals surface area (Å²) in [4.78, 5) is 31.8. The van der Waals surface area contributed by atoms with Crippen LogP contribution in [-0.2, 0) is 17.9 Å². The summed E-state index contributed by atoms with van der Waals surface area (Å²) in [7, 11) is 0. The molecule has 1 amide bonds. The first-order chi connectivity index (χ1) is 14.0. The Morgan fingerprint density at radius 2 is 2.00 bits per heavy atom. The van der Waals surface area contributed by atoms with Crippen LogP contribution in [-0.4, -0.2) is 49.7 Å². The van der Waals surface area contributed by atoms with Gasteiger partial charge in [-0.25, -0.2) is 9.37 Å². The zero-order chi connectivity index (χ0) is 20.5. The number of carbonyl (C=O) groups excluding carboxylic acids is 1. The maximum absolute atomic E-state index is 13.6. The second kappa shape index (κ2) is 7.96. The summed E-state index contributed by atoms with van der Waals surface area (Å²) in [6.07, 6.45) is 4.98. The highest BCUT2D eigenvalue weighted by Gasteiger charge is 2.21. The molecular weight excluding hydrogens is 399 g/mol. The number of aromatic nitrogens is 3. The van der Waals surface area contributed by atoms with Gasteiger partial charge >= 0.3 is 0 Å². The molecule has 0 saturated carbocycles. The lowest BCUT2D eigenvalue weighted by molar-refractivity contribution is -0.130. The molecule has 7 nitrogen and oxygen atoms in total. The van der Waals surface area contributed by atoms with Crippen molar-refractivity contribution in [3.63, 3.8) is 0 Å². The summed E-state index contributed by atoms with van der Waals surface area (Å²) in [5.41, 5.74) is 1.11. The van der Waals surface area contributed by atoms with E-state index in [0.717, 1.165) is 12.8 Å². The third-order valence-corrected chi connectivity index (χ3v) is 5.47. The number of amides is 1. The van der Waals surface area contributed by atoms with Gasteiger partial charge in [0, 0.05) is 31.4 Å². The number of nitrogens with zero attached hydrogens (tertiary/aromatic N) is 4. The van der Waals surface area contributed by atoms with Gasteiger partial charge in [0.15, 0.2) is 0 Å². The third-order valence-electron chi connectivity index (χ3n) is 5.18. The standard InChI is InChI=1S/C20H20ClFN4O3/c21-15-9-13(3-4-16(15)22)14-10-25(7-8-27)19-18(14)20(29)26(12-23-19)11-17(28)24-5-1-2-6-24/h3-4,9-10,12,27H,1-2,5-8,11H2. The first-order valence-corrected chi connectivity index (χ1v) is 9.79. The topological polar surface area (TPSA) is 80.4 Å². The lowest BCUT2D eigenvalue weighted by atomic mass is 10.1. The van der Waals surface area contributed by atoms with E-state index in [2.05, 4.69) is 4.98 Å². The van der Waals surface area contributed by atoms with E-state index in [-0.39, 0.29) is 36.2 Å². The second-order valence-corrected chi connectivity index (χ2v) is 7.46. The Bertz CT molecular complexity index is 1130. The number of likely N-dealkylation sites (tertiary alicyclic amines) is 1. The molecule has 1 saturated heterocycles. The van der Waals surface area contributed by atoms with Crippen LogP contribution in [0.2, 0.25) is 5.02 Å². The summed E-state index contributed by atoms with van der Waals surface area (Å²) in [6.45, 7) is 1.43. The van der Waals surface area contributed by atoms with Gasteiger partial charge in [0.2, 0.25) is 5.91 Å². The monoisotopic (exact) mass is 418 g/mol. The smallest absolute Gasteiger partial charge is 0.263 e. The quantitative estimate of drug-likeness (QED) is 0.689. The van der Waals surface area contributed by atoms with Crippen molar-refractivity contribution in [2.45, 2.75) is 25.9 Å². The summed E-state index contributed by atoms with van der Waals surface area (Å²) in [6, 6.07) is 4.21. The van der Waals surface area contributed by atoms with Crippen LogP contribution in [0.15, 0.2) is 35.5 Å². The summed E-state index contributed by atoms with van der Waals surface area (Å²) in [5, 5.41) is 9.60. The SMILES string of the molecule is O=C(Cn1cnc2c(c(-c3ccc(F)c(Cl)c3)cn2CCO)c1=O)N1CCCC1. The number of halogens is 2. The molecule has 9 heteroatoms. The molecule has 2 aromatic heterocycles. The van der Waals surface area contributed by atoms with Gasteiger partial charge in [-0.2, -0.15) is 0 Å². The molecule has 1 fully saturated rings. The molecular formula is C20H20ClFN4O3. The zero-order valence-electron chi connectivity index (χ0n) is 15.6. The van der Waals surface area contributed by atoms with Crippen molar-refractivity contribution < 1.29 is 14.3 Å². The maximum atomic E-state index is 13.6. The van der Waals surface area contributed by atoms with Crippen LogP contribution >= 0.6 is 11.6 Å². The van der Waals surface area contributed by atoms with Gasteiger partial charge in [-0.15, -0.1) is 0 Å². The summed E-state index contributed by atoms with van der Waals surface area (Å²) in [5.74, 6) is -0.673. The molecule has 29 heavy (non-hydrogen) atoms. The van der Waals surface area contributed by atoms with Gasteiger partial charge in [-0.3, -0.25) is 14.2 Å². The average Bonchev–Trinajstić information content (AvgIpc) is 3.35. The number of fused-ring (bicyclic) bond motifs is 1. The fourth-order valence-electron chi connectivity index (χ4n) is 3.70. The molecule has 4 rings (SSSR count). The largest absolute Gasteiger partial charge is 0.395 e. The van der Waals surface area contributed by atoms with Gasteiger partial charge in [-0.05, 0) is 30.5 Å². The Hall–Kier alpha value is -2.71. The minimum atomic E-state index is -0.554. The summed E-state index contributed by atoms with van der Waals surface area (Å²) >= 11 is 5.92. The fraction of sp³-hybridized carbons (Fsp3) is 0.350.